The lowest BCUT2D eigenvalue weighted by atomic mass is 10.1. The highest BCUT2D eigenvalue weighted by molar-refractivity contribution is 5.95. The van der Waals surface area contributed by atoms with Crippen LogP contribution in [-0.4, -0.2) is 54.3 Å². The highest BCUT2D eigenvalue weighted by atomic mass is 16.2. The molecule has 0 aliphatic carbocycles. The molecule has 0 bridgehead atoms. The summed E-state index contributed by atoms with van der Waals surface area (Å²) in [6.45, 7) is 6.46. The van der Waals surface area contributed by atoms with Crippen molar-refractivity contribution < 1.29 is 9.59 Å². The SMILES string of the molecule is CCn1ncc(C(=O)N2C[C@@H](NC(C)=O)C[C@H]2c2nc(-c3ccccc3)n[nH]2)c1C. The molecule has 2 aromatic heterocycles. The topological polar surface area (TPSA) is 109 Å². The first-order valence-corrected chi connectivity index (χ1v) is 10.1. The van der Waals surface area contributed by atoms with Crippen molar-refractivity contribution in [1.82, 2.24) is 35.2 Å². The molecule has 3 aromatic rings. The maximum atomic E-state index is 13.4. The summed E-state index contributed by atoms with van der Waals surface area (Å²) in [6, 6.07) is 9.20. The average molecular weight is 407 g/mol. The fourth-order valence-electron chi connectivity index (χ4n) is 3.98. The van der Waals surface area contributed by atoms with Gasteiger partial charge in [0.05, 0.1) is 17.8 Å². The molecule has 1 aromatic carbocycles. The van der Waals surface area contributed by atoms with Crippen LogP contribution >= 0.6 is 0 Å². The summed E-state index contributed by atoms with van der Waals surface area (Å²) in [5.41, 5.74) is 2.29. The summed E-state index contributed by atoms with van der Waals surface area (Å²) in [5, 5.41) is 14.6. The van der Waals surface area contributed by atoms with Gasteiger partial charge in [-0.2, -0.15) is 10.2 Å². The van der Waals surface area contributed by atoms with Crippen LogP contribution in [0.4, 0.5) is 0 Å². The number of aryl methyl sites for hydroxylation is 1. The molecule has 2 N–H and O–H groups in total. The van der Waals surface area contributed by atoms with Crippen molar-refractivity contribution in [2.75, 3.05) is 6.54 Å². The molecule has 0 radical (unpaired) electrons. The molecule has 1 aliphatic rings. The third-order valence-electron chi connectivity index (χ3n) is 5.45. The van der Waals surface area contributed by atoms with Crippen LogP contribution in [0.1, 0.15) is 48.2 Å². The molecule has 30 heavy (non-hydrogen) atoms. The number of amides is 2. The lowest BCUT2D eigenvalue weighted by Crippen LogP contribution is -2.37. The number of aromatic nitrogens is 5. The number of likely N-dealkylation sites (tertiary alicyclic amines) is 1. The van der Waals surface area contributed by atoms with E-state index in [1.54, 1.807) is 15.8 Å². The molecule has 4 rings (SSSR count). The summed E-state index contributed by atoms with van der Waals surface area (Å²) >= 11 is 0. The van der Waals surface area contributed by atoms with E-state index >= 15 is 0 Å². The van der Waals surface area contributed by atoms with Crippen LogP contribution in [0.15, 0.2) is 36.5 Å². The van der Waals surface area contributed by atoms with Crippen LogP contribution in [0.5, 0.6) is 0 Å². The van der Waals surface area contributed by atoms with E-state index in [0.29, 0.717) is 36.7 Å². The van der Waals surface area contributed by atoms with Crippen LogP contribution in [0.3, 0.4) is 0 Å². The number of nitrogens with one attached hydrogen (secondary N) is 2. The number of H-pyrrole nitrogens is 1. The molecule has 1 aliphatic heterocycles. The number of aromatic amines is 1. The highest BCUT2D eigenvalue weighted by Gasteiger charge is 2.39. The molecule has 0 unspecified atom stereocenters. The van der Waals surface area contributed by atoms with Gasteiger partial charge in [-0.1, -0.05) is 30.3 Å². The Morgan fingerprint density at radius 3 is 2.70 bits per heavy atom. The largest absolute Gasteiger partial charge is 0.352 e. The van der Waals surface area contributed by atoms with E-state index in [9.17, 15) is 9.59 Å². The lowest BCUT2D eigenvalue weighted by Gasteiger charge is -2.22. The summed E-state index contributed by atoms with van der Waals surface area (Å²) in [5.74, 6) is 0.944. The van der Waals surface area contributed by atoms with Crippen molar-refractivity contribution in [2.45, 2.75) is 45.8 Å². The van der Waals surface area contributed by atoms with Gasteiger partial charge in [0.15, 0.2) is 5.82 Å². The minimum atomic E-state index is -0.316. The number of carbonyl (C=O) groups excluding carboxylic acids is 2. The second-order valence-electron chi connectivity index (χ2n) is 7.48. The Morgan fingerprint density at radius 1 is 1.27 bits per heavy atom. The minimum absolute atomic E-state index is 0.120. The van der Waals surface area contributed by atoms with Gasteiger partial charge in [0.1, 0.15) is 5.82 Å². The maximum absolute atomic E-state index is 13.4. The third-order valence-corrected chi connectivity index (χ3v) is 5.45. The molecule has 9 nitrogen and oxygen atoms in total. The lowest BCUT2D eigenvalue weighted by molar-refractivity contribution is -0.119. The van der Waals surface area contributed by atoms with Crippen LogP contribution in [0.25, 0.3) is 11.4 Å². The van der Waals surface area contributed by atoms with Gasteiger partial charge in [-0.05, 0) is 20.3 Å². The zero-order valence-corrected chi connectivity index (χ0v) is 17.3. The van der Waals surface area contributed by atoms with Gasteiger partial charge in [0.25, 0.3) is 5.91 Å². The summed E-state index contributed by atoms with van der Waals surface area (Å²) in [4.78, 5) is 31.4. The van der Waals surface area contributed by atoms with Crippen molar-refractivity contribution in [3.63, 3.8) is 0 Å². The van der Waals surface area contributed by atoms with Gasteiger partial charge >= 0.3 is 0 Å². The van der Waals surface area contributed by atoms with Crippen molar-refractivity contribution in [3.05, 3.63) is 53.6 Å². The second kappa shape index (κ2) is 8.10. The molecule has 1 fully saturated rings. The average Bonchev–Trinajstić information content (AvgIpc) is 3.45. The first-order valence-electron chi connectivity index (χ1n) is 10.1. The molecule has 3 heterocycles. The zero-order valence-electron chi connectivity index (χ0n) is 17.3. The predicted molar refractivity (Wildman–Crippen MR) is 110 cm³/mol. The molecule has 0 saturated carbocycles. The molecule has 9 heteroatoms. The fourth-order valence-corrected chi connectivity index (χ4v) is 3.98. The highest BCUT2D eigenvalue weighted by Crippen LogP contribution is 2.33. The third kappa shape index (κ3) is 3.70. The smallest absolute Gasteiger partial charge is 0.258 e. The number of carbonyl (C=O) groups is 2. The standard InChI is InChI=1S/C21H25N7O2/c1-4-28-13(2)17(11-22-28)21(30)27-12-16(23-14(3)29)10-18(27)20-24-19(25-26-20)15-8-6-5-7-9-15/h5-9,11,16,18H,4,10,12H2,1-3H3,(H,23,29)(H,24,25,26)/t16-,18-/m0/s1. The quantitative estimate of drug-likeness (QED) is 0.673. The Hall–Kier alpha value is -3.49. The fraction of sp³-hybridized carbons (Fsp3) is 0.381. The summed E-state index contributed by atoms with van der Waals surface area (Å²) < 4.78 is 1.80. The Bertz CT molecular complexity index is 1060. The van der Waals surface area contributed by atoms with E-state index in [0.717, 1.165) is 11.3 Å². The molecule has 2 atom stereocenters. The van der Waals surface area contributed by atoms with E-state index in [-0.39, 0.29) is 23.9 Å². The van der Waals surface area contributed by atoms with Crippen LogP contribution in [-0.2, 0) is 11.3 Å². The van der Waals surface area contributed by atoms with Crippen molar-refractivity contribution in [1.29, 1.82) is 0 Å². The van der Waals surface area contributed by atoms with E-state index in [4.69, 9.17) is 0 Å². The first kappa shape index (κ1) is 19.8. The van der Waals surface area contributed by atoms with Gasteiger partial charge in [-0.25, -0.2) is 4.98 Å². The van der Waals surface area contributed by atoms with Crippen LogP contribution in [0, 0.1) is 6.92 Å². The number of hydrogen-bond acceptors (Lipinski definition) is 5. The number of nitrogens with zero attached hydrogens (tertiary/aromatic N) is 5. The van der Waals surface area contributed by atoms with E-state index in [1.807, 2.05) is 44.2 Å². The molecular formula is C21H25N7O2. The van der Waals surface area contributed by atoms with Crippen molar-refractivity contribution in [2.24, 2.45) is 0 Å². The van der Waals surface area contributed by atoms with Gasteiger partial charge in [-0.3, -0.25) is 19.4 Å². The van der Waals surface area contributed by atoms with Gasteiger partial charge in [0.2, 0.25) is 5.91 Å². The van der Waals surface area contributed by atoms with Crippen LogP contribution < -0.4 is 5.32 Å². The van der Waals surface area contributed by atoms with Crippen molar-refractivity contribution >= 4 is 11.8 Å². The van der Waals surface area contributed by atoms with Crippen LogP contribution in [0.2, 0.25) is 0 Å². The molecular weight excluding hydrogens is 382 g/mol. The molecule has 2 amide bonds. The maximum Gasteiger partial charge on any atom is 0.258 e. The van der Waals surface area contributed by atoms with Gasteiger partial charge in [0, 0.05) is 37.3 Å². The van der Waals surface area contributed by atoms with Gasteiger partial charge in [-0.15, -0.1) is 0 Å². The van der Waals surface area contributed by atoms with Gasteiger partial charge < -0.3 is 10.2 Å². The van der Waals surface area contributed by atoms with E-state index in [1.165, 1.54) is 6.92 Å². The molecule has 156 valence electrons. The first-order chi connectivity index (χ1) is 14.5. The normalized spacial score (nSPS) is 18.6. The Kier molecular flexibility index (Phi) is 5.35. The second-order valence-corrected chi connectivity index (χ2v) is 7.48. The van der Waals surface area contributed by atoms with E-state index in [2.05, 4.69) is 25.6 Å². The summed E-state index contributed by atoms with van der Waals surface area (Å²) in [6.07, 6.45) is 2.18. The Balaban J connectivity index is 1.65. The predicted octanol–water partition coefficient (Wildman–Crippen LogP) is 2.09. The van der Waals surface area contributed by atoms with Crippen molar-refractivity contribution in [3.8, 4) is 11.4 Å². The molecule has 1 saturated heterocycles. The van der Waals surface area contributed by atoms with E-state index < -0.39 is 0 Å². The Morgan fingerprint density at radius 2 is 2.03 bits per heavy atom. The number of benzene rings is 1. The minimum Gasteiger partial charge on any atom is -0.352 e. The number of hydrogen-bond donors (Lipinski definition) is 2. The number of rotatable bonds is 5. The molecule has 0 spiro atoms. The Labute approximate surface area is 174 Å². The summed E-state index contributed by atoms with van der Waals surface area (Å²) in [7, 11) is 0. The zero-order chi connectivity index (χ0) is 21.3. The monoisotopic (exact) mass is 407 g/mol.